The number of hydrogen-bond acceptors (Lipinski definition) is 6. The van der Waals surface area contributed by atoms with Crippen molar-refractivity contribution in [1.82, 2.24) is 0 Å². The first kappa shape index (κ1) is 19.3. The number of benzene rings is 3. The van der Waals surface area contributed by atoms with Crippen LogP contribution in [0, 0.1) is 0 Å². The molecule has 30 heavy (non-hydrogen) atoms. The van der Waals surface area contributed by atoms with E-state index in [4.69, 9.17) is 14.2 Å². The third kappa shape index (κ3) is 4.35. The Hall–Kier alpha value is -4.00. The molecule has 3 aromatic rings. The van der Waals surface area contributed by atoms with Crippen molar-refractivity contribution in [3.8, 4) is 11.5 Å². The summed E-state index contributed by atoms with van der Waals surface area (Å²) in [7, 11) is 0. The molecule has 0 radical (unpaired) electrons. The van der Waals surface area contributed by atoms with Gasteiger partial charge in [0, 0.05) is 17.4 Å². The Morgan fingerprint density at radius 3 is 2.47 bits per heavy atom. The van der Waals surface area contributed by atoms with Crippen molar-refractivity contribution in [2.75, 3.05) is 17.4 Å². The third-order valence-corrected chi connectivity index (χ3v) is 4.49. The van der Waals surface area contributed by atoms with Gasteiger partial charge in [0.2, 0.25) is 6.79 Å². The van der Waals surface area contributed by atoms with Crippen LogP contribution in [0.2, 0.25) is 0 Å². The summed E-state index contributed by atoms with van der Waals surface area (Å²) in [6.45, 7) is 1.67. The average molecular weight is 404 g/mol. The number of nitrogens with one attached hydrogen (secondary N) is 2. The highest BCUT2D eigenvalue weighted by atomic mass is 16.7. The summed E-state index contributed by atoms with van der Waals surface area (Å²) in [5.74, 6) is 0.131. The lowest BCUT2D eigenvalue weighted by atomic mass is 10.1. The number of amides is 1. The van der Waals surface area contributed by atoms with Gasteiger partial charge in [-0.15, -0.1) is 0 Å². The molecule has 0 fully saturated rings. The third-order valence-electron chi connectivity index (χ3n) is 4.49. The van der Waals surface area contributed by atoms with Crippen LogP contribution in [0.25, 0.3) is 0 Å². The van der Waals surface area contributed by atoms with Crippen LogP contribution >= 0.6 is 0 Å². The number of para-hydroxylation sites is 2. The summed E-state index contributed by atoms with van der Waals surface area (Å²) >= 11 is 0. The average Bonchev–Trinajstić information content (AvgIpc) is 3.22. The van der Waals surface area contributed by atoms with Gasteiger partial charge in [0.1, 0.15) is 0 Å². The zero-order valence-electron chi connectivity index (χ0n) is 16.3. The number of anilines is 3. The van der Waals surface area contributed by atoms with E-state index in [1.807, 2.05) is 36.4 Å². The van der Waals surface area contributed by atoms with E-state index in [-0.39, 0.29) is 6.79 Å². The first-order valence-electron chi connectivity index (χ1n) is 9.43. The van der Waals surface area contributed by atoms with Crippen molar-refractivity contribution >= 4 is 28.9 Å². The molecular formula is C23H20N2O5. The van der Waals surface area contributed by atoms with E-state index in [1.165, 1.54) is 6.92 Å². The number of hydrogen-bond donors (Lipinski definition) is 2. The maximum Gasteiger partial charge on any atom is 0.341 e. The number of carbonyl (C=O) groups excluding carboxylic acids is 2. The lowest BCUT2D eigenvalue weighted by Crippen LogP contribution is -2.30. The fourth-order valence-electron chi connectivity index (χ4n) is 2.94. The summed E-state index contributed by atoms with van der Waals surface area (Å²) in [6.07, 6.45) is -0.993. The second-order valence-corrected chi connectivity index (χ2v) is 6.64. The van der Waals surface area contributed by atoms with Gasteiger partial charge in [0.15, 0.2) is 17.6 Å². The predicted octanol–water partition coefficient (Wildman–Crippen LogP) is 4.34. The van der Waals surface area contributed by atoms with Gasteiger partial charge in [-0.1, -0.05) is 30.3 Å². The van der Waals surface area contributed by atoms with Crippen LogP contribution in [-0.2, 0) is 9.53 Å². The molecule has 0 aromatic heterocycles. The molecule has 0 bridgehead atoms. The summed E-state index contributed by atoms with van der Waals surface area (Å²) in [4.78, 5) is 25.2. The maximum atomic E-state index is 12.7. The predicted molar refractivity (Wildman–Crippen MR) is 112 cm³/mol. The largest absolute Gasteiger partial charge is 0.454 e. The molecule has 1 aliphatic heterocycles. The second-order valence-electron chi connectivity index (χ2n) is 6.64. The molecule has 0 saturated carbocycles. The minimum Gasteiger partial charge on any atom is -0.454 e. The van der Waals surface area contributed by atoms with Gasteiger partial charge in [-0.2, -0.15) is 0 Å². The molecule has 4 rings (SSSR count). The Morgan fingerprint density at radius 2 is 1.63 bits per heavy atom. The highest BCUT2D eigenvalue weighted by Gasteiger charge is 2.22. The molecule has 2 N–H and O–H groups in total. The Bertz CT molecular complexity index is 1070. The number of rotatable bonds is 6. The molecule has 152 valence electrons. The van der Waals surface area contributed by atoms with E-state index in [1.54, 1.807) is 36.4 Å². The Kier molecular flexibility index (Phi) is 5.52. The summed E-state index contributed by atoms with van der Waals surface area (Å²) in [5, 5.41) is 5.91. The van der Waals surface area contributed by atoms with E-state index >= 15 is 0 Å². The van der Waals surface area contributed by atoms with Crippen LogP contribution in [0.5, 0.6) is 11.5 Å². The van der Waals surface area contributed by atoms with E-state index in [2.05, 4.69) is 10.6 Å². The number of ether oxygens (including phenoxy) is 3. The fraction of sp³-hybridized carbons (Fsp3) is 0.130. The number of carbonyl (C=O) groups is 2. The van der Waals surface area contributed by atoms with Crippen molar-refractivity contribution in [3.05, 3.63) is 78.4 Å². The zero-order valence-corrected chi connectivity index (χ0v) is 16.3. The van der Waals surface area contributed by atoms with E-state index in [0.29, 0.717) is 28.4 Å². The Morgan fingerprint density at radius 1 is 0.900 bits per heavy atom. The van der Waals surface area contributed by atoms with Gasteiger partial charge < -0.3 is 24.8 Å². The van der Waals surface area contributed by atoms with Crippen molar-refractivity contribution in [2.45, 2.75) is 13.0 Å². The van der Waals surface area contributed by atoms with E-state index < -0.39 is 18.0 Å². The van der Waals surface area contributed by atoms with Crippen LogP contribution in [0.1, 0.15) is 17.3 Å². The molecule has 7 heteroatoms. The van der Waals surface area contributed by atoms with Gasteiger partial charge in [-0.25, -0.2) is 4.79 Å². The van der Waals surface area contributed by atoms with Crippen LogP contribution < -0.4 is 20.1 Å². The van der Waals surface area contributed by atoms with Gasteiger partial charge in [-0.05, 0) is 43.3 Å². The Balaban J connectivity index is 1.41. The first-order chi connectivity index (χ1) is 14.6. The van der Waals surface area contributed by atoms with Crippen LogP contribution in [0.15, 0.2) is 72.8 Å². The van der Waals surface area contributed by atoms with Crippen LogP contribution in [-0.4, -0.2) is 24.8 Å². The SMILES string of the molecule is C[C@@H](OC(=O)c1ccccc1Nc1ccccc1)C(=O)Nc1ccc2c(c1)OCO2. The molecule has 0 unspecified atom stereocenters. The number of esters is 1. The summed E-state index contributed by atoms with van der Waals surface area (Å²) in [6, 6.07) is 21.5. The molecular weight excluding hydrogens is 384 g/mol. The van der Waals surface area contributed by atoms with Gasteiger partial charge in [0.25, 0.3) is 5.91 Å². The highest BCUT2D eigenvalue weighted by molar-refractivity contribution is 6.00. The molecule has 1 amide bonds. The van der Waals surface area contributed by atoms with Crippen LogP contribution in [0.3, 0.4) is 0 Å². The topological polar surface area (TPSA) is 85.9 Å². The molecule has 7 nitrogen and oxygen atoms in total. The fourth-order valence-corrected chi connectivity index (χ4v) is 2.94. The smallest absolute Gasteiger partial charge is 0.341 e. The van der Waals surface area contributed by atoms with Crippen molar-refractivity contribution in [2.24, 2.45) is 0 Å². The number of fused-ring (bicyclic) bond motifs is 1. The van der Waals surface area contributed by atoms with Gasteiger partial charge in [-0.3, -0.25) is 4.79 Å². The second kappa shape index (κ2) is 8.57. The maximum absolute atomic E-state index is 12.7. The molecule has 0 spiro atoms. The minimum atomic E-state index is -0.993. The quantitative estimate of drug-likeness (QED) is 0.595. The molecule has 3 aromatic carbocycles. The van der Waals surface area contributed by atoms with Crippen molar-refractivity contribution in [3.63, 3.8) is 0 Å². The summed E-state index contributed by atoms with van der Waals surface area (Å²) < 4.78 is 15.9. The molecule has 1 aliphatic rings. The molecule has 1 heterocycles. The molecule has 0 saturated heterocycles. The van der Waals surface area contributed by atoms with Crippen molar-refractivity contribution < 1.29 is 23.8 Å². The molecule has 0 aliphatic carbocycles. The Labute approximate surface area is 173 Å². The zero-order chi connectivity index (χ0) is 20.9. The van der Waals surface area contributed by atoms with Crippen molar-refractivity contribution in [1.29, 1.82) is 0 Å². The summed E-state index contributed by atoms with van der Waals surface area (Å²) in [5.41, 5.74) is 2.30. The highest BCUT2D eigenvalue weighted by Crippen LogP contribution is 2.34. The van der Waals surface area contributed by atoms with Crippen LogP contribution in [0.4, 0.5) is 17.1 Å². The lowest BCUT2D eigenvalue weighted by Gasteiger charge is -2.16. The minimum absolute atomic E-state index is 0.150. The monoisotopic (exact) mass is 404 g/mol. The van der Waals surface area contributed by atoms with E-state index in [0.717, 1.165) is 5.69 Å². The van der Waals surface area contributed by atoms with Gasteiger partial charge in [0.05, 0.1) is 11.3 Å². The molecule has 1 atom stereocenters. The standard InChI is InChI=1S/C23H20N2O5/c1-15(22(26)25-17-11-12-20-21(13-17)29-14-28-20)30-23(27)18-9-5-6-10-19(18)24-16-7-3-2-4-8-16/h2-13,15,24H,14H2,1H3,(H,25,26)/t15-/m1/s1. The normalized spacial score (nSPS) is 12.7. The first-order valence-corrected chi connectivity index (χ1v) is 9.43. The lowest BCUT2D eigenvalue weighted by molar-refractivity contribution is -0.123. The van der Waals surface area contributed by atoms with E-state index in [9.17, 15) is 9.59 Å². The van der Waals surface area contributed by atoms with Gasteiger partial charge >= 0.3 is 5.97 Å².